The Morgan fingerprint density at radius 3 is 1.26 bits per heavy atom. The zero-order valence-corrected chi connectivity index (χ0v) is 29.2. The Hall–Kier alpha value is -6.96. The predicted octanol–water partition coefficient (Wildman–Crippen LogP) is 14.8. The Balaban J connectivity index is 1.04. The monoisotopic (exact) mass is 673 g/mol. The third-order valence-electron chi connectivity index (χ3n) is 10.6. The van der Waals surface area contributed by atoms with Crippen molar-refractivity contribution in [2.45, 2.75) is 0 Å². The maximum atomic E-state index is 2.36. The summed E-state index contributed by atoms with van der Waals surface area (Å²) >= 11 is 0. The molecular weight excluding hydrogens is 639 g/mol. The molecule has 1 heteroatoms. The number of benzene rings is 10. The van der Waals surface area contributed by atoms with E-state index in [0.717, 1.165) is 17.1 Å². The smallest absolute Gasteiger partial charge is 0.0468 e. The van der Waals surface area contributed by atoms with Gasteiger partial charge in [0.15, 0.2) is 0 Å². The van der Waals surface area contributed by atoms with E-state index in [4.69, 9.17) is 0 Å². The topological polar surface area (TPSA) is 3.24 Å². The van der Waals surface area contributed by atoms with Crippen LogP contribution in [0.25, 0.3) is 76.5 Å². The summed E-state index contributed by atoms with van der Waals surface area (Å²) in [4.78, 5) is 2.36. The lowest BCUT2D eigenvalue weighted by Gasteiger charge is -2.26. The van der Waals surface area contributed by atoms with E-state index in [1.807, 2.05) is 0 Å². The molecule has 0 fully saturated rings. The first kappa shape index (κ1) is 30.8. The van der Waals surface area contributed by atoms with Crippen LogP contribution in [0.4, 0.5) is 17.1 Å². The Morgan fingerprint density at radius 2 is 0.623 bits per heavy atom. The van der Waals surface area contributed by atoms with E-state index in [1.54, 1.807) is 0 Å². The standard InChI is InChI=1S/C52H35N/c1-3-9-36(10-4-1)38-19-26-46(27-20-38)53(47-28-21-39(22-29-47)37-11-5-2-6-12-37)48-30-23-43-33-42(17-18-44(43)34-48)45-16-15-41-25-31-50-49-14-8-7-13-40(49)24-32-51(50)52(41)35-45/h1-35H. The fraction of sp³-hybridized carbons (Fsp3) is 0. The summed E-state index contributed by atoms with van der Waals surface area (Å²) in [6.07, 6.45) is 0. The first-order valence-electron chi connectivity index (χ1n) is 18.2. The molecule has 10 aromatic carbocycles. The van der Waals surface area contributed by atoms with Crippen LogP contribution >= 0.6 is 0 Å². The van der Waals surface area contributed by atoms with Gasteiger partial charge in [-0.1, -0.05) is 164 Å². The van der Waals surface area contributed by atoms with Gasteiger partial charge in [0.2, 0.25) is 0 Å². The van der Waals surface area contributed by atoms with E-state index in [0.29, 0.717) is 0 Å². The summed E-state index contributed by atoms with van der Waals surface area (Å²) in [6.45, 7) is 0. The van der Waals surface area contributed by atoms with E-state index in [2.05, 4.69) is 217 Å². The molecule has 0 atom stereocenters. The van der Waals surface area contributed by atoms with E-state index in [9.17, 15) is 0 Å². The quantitative estimate of drug-likeness (QED) is 0.159. The molecule has 0 aromatic heterocycles. The molecule has 0 unspecified atom stereocenters. The first-order valence-corrected chi connectivity index (χ1v) is 18.2. The molecule has 0 amide bonds. The molecule has 1 nitrogen and oxygen atoms in total. The van der Waals surface area contributed by atoms with Crippen molar-refractivity contribution < 1.29 is 0 Å². The van der Waals surface area contributed by atoms with Gasteiger partial charge in [0.25, 0.3) is 0 Å². The molecule has 0 aliphatic heterocycles. The first-order chi connectivity index (χ1) is 26.2. The van der Waals surface area contributed by atoms with Crippen molar-refractivity contribution in [1.29, 1.82) is 0 Å². The van der Waals surface area contributed by atoms with Crippen LogP contribution in [-0.4, -0.2) is 0 Å². The Kier molecular flexibility index (Phi) is 7.55. The number of rotatable bonds is 6. The highest BCUT2D eigenvalue weighted by Crippen LogP contribution is 2.39. The summed E-state index contributed by atoms with van der Waals surface area (Å²) in [7, 11) is 0. The van der Waals surface area contributed by atoms with Gasteiger partial charge in [0, 0.05) is 17.1 Å². The van der Waals surface area contributed by atoms with Gasteiger partial charge < -0.3 is 4.90 Å². The largest absolute Gasteiger partial charge is 0.310 e. The molecular formula is C52H35N. The molecule has 0 radical (unpaired) electrons. The van der Waals surface area contributed by atoms with Crippen molar-refractivity contribution >= 4 is 60.2 Å². The molecule has 0 bridgehead atoms. The van der Waals surface area contributed by atoms with E-state index in [-0.39, 0.29) is 0 Å². The summed E-state index contributed by atoms with van der Waals surface area (Å²) in [5.41, 5.74) is 10.6. The molecule has 0 heterocycles. The molecule has 0 spiro atoms. The van der Waals surface area contributed by atoms with Crippen LogP contribution in [-0.2, 0) is 0 Å². The van der Waals surface area contributed by atoms with Gasteiger partial charge >= 0.3 is 0 Å². The van der Waals surface area contributed by atoms with Crippen LogP contribution in [0.2, 0.25) is 0 Å². The summed E-state index contributed by atoms with van der Waals surface area (Å²) < 4.78 is 0. The van der Waals surface area contributed by atoms with Gasteiger partial charge in [-0.2, -0.15) is 0 Å². The van der Waals surface area contributed by atoms with Crippen molar-refractivity contribution in [2.75, 3.05) is 4.90 Å². The van der Waals surface area contributed by atoms with E-state index < -0.39 is 0 Å². The third-order valence-corrected chi connectivity index (χ3v) is 10.6. The van der Waals surface area contributed by atoms with Crippen LogP contribution in [0.1, 0.15) is 0 Å². The maximum absolute atomic E-state index is 2.36. The lowest BCUT2D eigenvalue weighted by Crippen LogP contribution is -2.09. The second-order valence-electron chi connectivity index (χ2n) is 13.8. The molecule has 0 saturated carbocycles. The molecule has 53 heavy (non-hydrogen) atoms. The second-order valence-corrected chi connectivity index (χ2v) is 13.8. The van der Waals surface area contributed by atoms with Gasteiger partial charge in [0.05, 0.1) is 0 Å². The molecule has 10 rings (SSSR count). The molecule has 0 saturated heterocycles. The van der Waals surface area contributed by atoms with Crippen molar-refractivity contribution in [3.63, 3.8) is 0 Å². The van der Waals surface area contributed by atoms with Crippen LogP contribution in [0.3, 0.4) is 0 Å². The van der Waals surface area contributed by atoms with Crippen molar-refractivity contribution in [3.05, 3.63) is 212 Å². The van der Waals surface area contributed by atoms with Gasteiger partial charge in [-0.05, 0) is 125 Å². The summed E-state index contributed by atoms with van der Waals surface area (Å²) in [5.74, 6) is 0. The third kappa shape index (κ3) is 5.69. The molecule has 248 valence electrons. The van der Waals surface area contributed by atoms with Gasteiger partial charge in [0.1, 0.15) is 0 Å². The maximum Gasteiger partial charge on any atom is 0.0468 e. The Labute approximate surface area is 309 Å². The average molecular weight is 674 g/mol. The van der Waals surface area contributed by atoms with Gasteiger partial charge in [-0.25, -0.2) is 0 Å². The van der Waals surface area contributed by atoms with Crippen LogP contribution in [0.15, 0.2) is 212 Å². The van der Waals surface area contributed by atoms with Crippen LogP contribution in [0.5, 0.6) is 0 Å². The number of anilines is 3. The number of hydrogen-bond donors (Lipinski definition) is 0. The van der Waals surface area contributed by atoms with E-state index >= 15 is 0 Å². The van der Waals surface area contributed by atoms with Crippen molar-refractivity contribution in [3.8, 4) is 33.4 Å². The van der Waals surface area contributed by atoms with Gasteiger partial charge in [-0.15, -0.1) is 0 Å². The minimum atomic E-state index is 1.12. The second kappa shape index (κ2) is 13.0. The van der Waals surface area contributed by atoms with E-state index in [1.165, 1.54) is 76.5 Å². The van der Waals surface area contributed by atoms with Crippen LogP contribution in [0, 0.1) is 0 Å². The Bertz CT molecular complexity index is 2830. The zero-order chi connectivity index (χ0) is 35.1. The Morgan fingerprint density at radius 1 is 0.208 bits per heavy atom. The highest BCUT2D eigenvalue weighted by atomic mass is 15.1. The van der Waals surface area contributed by atoms with Crippen molar-refractivity contribution in [1.82, 2.24) is 0 Å². The molecule has 0 aliphatic rings. The SMILES string of the molecule is c1ccc(-c2ccc(N(c3ccc(-c4ccccc4)cc3)c3ccc4cc(-c5ccc6ccc7c8ccccc8ccc7c6c5)ccc4c3)cc2)cc1. The average Bonchev–Trinajstić information content (AvgIpc) is 3.24. The highest BCUT2D eigenvalue weighted by molar-refractivity contribution is 6.17. The predicted molar refractivity (Wildman–Crippen MR) is 227 cm³/mol. The summed E-state index contributed by atoms with van der Waals surface area (Å²) in [6, 6.07) is 77.2. The zero-order valence-electron chi connectivity index (χ0n) is 29.2. The van der Waals surface area contributed by atoms with Crippen LogP contribution < -0.4 is 4.90 Å². The number of fused-ring (bicyclic) bond motifs is 6. The minimum absolute atomic E-state index is 1.12. The lowest BCUT2D eigenvalue weighted by atomic mass is 9.94. The minimum Gasteiger partial charge on any atom is -0.310 e. The lowest BCUT2D eigenvalue weighted by molar-refractivity contribution is 1.29. The van der Waals surface area contributed by atoms with Gasteiger partial charge in [-0.3, -0.25) is 0 Å². The fourth-order valence-corrected chi connectivity index (χ4v) is 7.86. The molecule has 10 aromatic rings. The molecule has 0 aliphatic carbocycles. The number of nitrogens with zero attached hydrogens (tertiary/aromatic N) is 1. The van der Waals surface area contributed by atoms with Crippen molar-refractivity contribution in [2.24, 2.45) is 0 Å². The highest BCUT2D eigenvalue weighted by Gasteiger charge is 2.15. The fourth-order valence-electron chi connectivity index (χ4n) is 7.86. The summed E-state index contributed by atoms with van der Waals surface area (Å²) in [5, 5.41) is 10.1. The normalized spacial score (nSPS) is 11.4. The molecule has 0 N–H and O–H groups in total. The number of hydrogen-bond acceptors (Lipinski definition) is 1.